The maximum atomic E-state index is 2.50. The van der Waals surface area contributed by atoms with Crippen molar-refractivity contribution in [1.82, 2.24) is 0 Å². The van der Waals surface area contributed by atoms with Crippen LogP contribution < -0.4 is 0 Å². The van der Waals surface area contributed by atoms with Crippen molar-refractivity contribution < 1.29 is 0 Å². The fourth-order valence-electron chi connectivity index (χ4n) is 7.48. The number of hydrogen-bond donors (Lipinski definition) is 0. The summed E-state index contributed by atoms with van der Waals surface area (Å²) in [6.07, 6.45) is 4.16. The maximum Gasteiger partial charge on any atom is 0.0434 e. The van der Waals surface area contributed by atoms with E-state index in [4.69, 9.17) is 0 Å². The Morgan fingerprint density at radius 2 is 0.867 bits per heavy atom. The SMILES string of the molecule is c1ccc(CCc2cc3c(ccc4c5ccc6c(ccc7cccc(CCc8ccccc8)c76)c5sc34)c3ccccc23)cc1. The summed E-state index contributed by atoms with van der Waals surface area (Å²) < 4.78 is 2.80. The fourth-order valence-corrected chi connectivity index (χ4v) is 8.83. The molecule has 0 atom stereocenters. The Hall–Kier alpha value is -4.98. The molecule has 214 valence electrons. The van der Waals surface area contributed by atoms with E-state index < -0.39 is 0 Å². The summed E-state index contributed by atoms with van der Waals surface area (Å²) in [5, 5.41) is 13.7. The molecule has 9 aromatic rings. The molecule has 0 bridgehead atoms. The number of fused-ring (bicyclic) bond motifs is 11. The number of rotatable bonds is 6. The summed E-state index contributed by atoms with van der Waals surface area (Å²) in [6.45, 7) is 0. The first kappa shape index (κ1) is 26.4. The zero-order chi connectivity index (χ0) is 29.7. The van der Waals surface area contributed by atoms with Gasteiger partial charge < -0.3 is 0 Å². The summed E-state index contributed by atoms with van der Waals surface area (Å²) in [5.74, 6) is 0. The van der Waals surface area contributed by atoms with Gasteiger partial charge in [0.05, 0.1) is 0 Å². The van der Waals surface area contributed by atoms with Crippen LogP contribution in [0.3, 0.4) is 0 Å². The highest BCUT2D eigenvalue weighted by Gasteiger charge is 2.16. The van der Waals surface area contributed by atoms with Crippen LogP contribution in [0.5, 0.6) is 0 Å². The molecular formula is C44H32S. The van der Waals surface area contributed by atoms with Gasteiger partial charge in [0.1, 0.15) is 0 Å². The molecule has 1 heteroatoms. The average Bonchev–Trinajstić information content (AvgIpc) is 3.50. The molecule has 0 unspecified atom stereocenters. The van der Waals surface area contributed by atoms with Gasteiger partial charge in [-0.15, -0.1) is 11.3 Å². The lowest BCUT2D eigenvalue weighted by molar-refractivity contribution is 0.970. The molecule has 0 aliphatic heterocycles. The van der Waals surface area contributed by atoms with E-state index in [9.17, 15) is 0 Å². The average molecular weight is 593 g/mol. The van der Waals surface area contributed by atoms with Crippen molar-refractivity contribution in [2.45, 2.75) is 25.7 Å². The molecule has 0 nitrogen and oxygen atoms in total. The monoisotopic (exact) mass is 592 g/mol. The standard InChI is InChI=1S/C44H32S/c1-3-10-29(11-4-1)18-20-31-14-9-15-32-22-23-38-37(42(31)32)25-27-39-40-26-24-36-35-17-8-7-16-34(35)33(21-19-30-12-5-2-6-13-30)28-41(36)44(40)45-43(38)39/h1-17,22-28H,18-21H2. The van der Waals surface area contributed by atoms with Gasteiger partial charge in [-0.05, 0) is 86.3 Å². The van der Waals surface area contributed by atoms with E-state index in [0.29, 0.717) is 0 Å². The number of thiophene rings is 1. The lowest BCUT2D eigenvalue weighted by Gasteiger charge is -2.12. The third-order valence-electron chi connectivity index (χ3n) is 9.70. The van der Waals surface area contributed by atoms with Crippen molar-refractivity contribution in [2.24, 2.45) is 0 Å². The van der Waals surface area contributed by atoms with Gasteiger partial charge in [0.15, 0.2) is 0 Å². The van der Waals surface area contributed by atoms with Crippen molar-refractivity contribution in [2.75, 3.05) is 0 Å². The van der Waals surface area contributed by atoms with Crippen molar-refractivity contribution in [1.29, 1.82) is 0 Å². The Balaban J connectivity index is 1.23. The topological polar surface area (TPSA) is 0 Å². The normalized spacial score (nSPS) is 11.9. The molecule has 0 aliphatic rings. The van der Waals surface area contributed by atoms with E-state index in [1.807, 2.05) is 11.3 Å². The molecule has 0 saturated heterocycles. The zero-order valence-corrected chi connectivity index (χ0v) is 25.9. The van der Waals surface area contributed by atoms with Crippen molar-refractivity contribution in [3.05, 3.63) is 168 Å². The smallest absolute Gasteiger partial charge is 0.0434 e. The predicted molar refractivity (Wildman–Crippen MR) is 197 cm³/mol. The molecule has 0 aliphatic carbocycles. The first-order valence-corrected chi connectivity index (χ1v) is 16.8. The summed E-state index contributed by atoms with van der Waals surface area (Å²) in [5.41, 5.74) is 5.65. The second kappa shape index (κ2) is 10.9. The molecule has 0 radical (unpaired) electrons. The zero-order valence-electron chi connectivity index (χ0n) is 25.1. The Morgan fingerprint density at radius 1 is 0.333 bits per heavy atom. The lowest BCUT2D eigenvalue weighted by atomic mass is 9.92. The number of aryl methyl sites for hydroxylation is 4. The van der Waals surface area contributed by atoms with Crippen LogP contribution >= 0.6 is 11.3 Å². The van der Waals surface area contributed by atoms with Gasteiger partial charge in [-0.2, -0.15) is 0 Å². The first-order valence-electron chi connectivity index (χ1n) is 16.0. The molecular weight excluding hydrogens is 561 g/mol. The van der Waals surface area contributed by atoms with Crippen LogP contribution in [0.15, 0.2) is 146 Å². The van der Waals surface area contributed by atoms with Crippen LogP contribution in [0.1, 0.15) is 22.3 Å². The van der Waals surface area contributed by atoms with Gasteiger partial charge in [-0.1, -0.05) is 140 Å². The van der Waals surface area contributed by atoms with Crippen LogP contribution in [-0.4, -0.2) is 0 Å². The van der Waals surface area contributed by atoms with Gasteiger partial charge >= 0.3 is 0 Å². The molecule has 0 fully saturated rings. The highest BCUT2D eigenvalue weighted by molar-refractivity contribution is 7.27. The first-order chi connectivity index (χ1) is 22.3. The minimum Gasteiger partial charge on any atom is -0.134 e. The Labute approximate surface area is 267 Å². The highest BCUT2D eigenvalue weighted by atomic mass is 32.1. The second-order valence-electron chi connectivity index (χ2n) is 12.3. The number of hydrogen-bond acceptors (Lipinski definition) is 1. The predicted octanol–water partition coefficient (Wildman–Crippen LogP) is 12.2. The summed E-state index contributed by atoms with van der Waals surface area (Å²) in [7, 11) is 0. The van der Waals surface area contributed by atoms with E-state index in [0.717, 1.165) is 25.7 Å². The van der Waals surface area contributed by atoms with Crippen LogP contribution in [0, 0.1) is 0 Å². The van der Waals surface area contributed by atoms with Crippen molar-refractivity contribution in [3.63, 3.8) is 0 Å². The van der Waals surface area contributed by atoms with Gasteiger partial charge in [-0.25, -0.2) is 0 Å². The molecule has 0 spiro atoms. The van der Waals surface area contributed by atoms with Gasteiger partial charge in [0.25, 0.3) is 0 Å². The third-order valence-corrected chi connectivity index (χ3v) is 11.0. The van der Waals surface area contributed by atoms with Crippen LogP contribution in [0.2, 0.25) is 0 Å². The molecule has 0 saturated carbocycles. The number of benzene rings is 8. The fraction of sp³-hybridized carbons (Fsp3) is 0.0909. The summed E-state index contributed by atoms with van der Waals surface area (Å²) in [6, 6.07) is 54.2. The Bertz CT molecular complexity index is 2520. The third kappa shape index (κ3) is 4.50. The maximum absolute atomic E-state index is 2.50. The molecule has 0 amide bonds. The molecule has 45 heavy (non-hydrogen) atoms. The Kier molecular flexibility index (Phi) is 6.39. The van der Waals surface area contributed by atoms with Gasteiger partial charge in [0.2, 0.25) is 0 Å². The highest BCUT2D eigenvalue weighted by Crippen LogP contribution is 2.45. The van der Waals surface area contributed by atoms with E-state index in [-0.39, 0.29) is 0 Å². The molecule has 1 aromatic heterocycles. The van der Waals surface area contributed by atoms with Crippen molar-refractivity contribution >= 4 is 74.6 Å². The summed E-state index contributed by atoms with van der Waals surface area (Å²) >= 11 is 1.98. The van der Waals surface area contributed by atoms with Crippen LogP contribution in [0.25, 0.3) is 63.3 Å². The quantitative estimate of drug-likeness (QED) is 0.169. The van der Waals surface area contributed by atoms with Crippen LogP contribution in [-0.2, 0) is 25.7 Å². The van der Waals surface area contributed by atoms with E-state index in [2.05, 4.69) is 146 Å². The van der Waals surface area contributed by atoms with Crippen LogP contribution in [0.4, 0.5) is 0 Å². The van der Waals surface area contributed by atoms with E-state index in [1.165, 1.54) is 85.5 Å². The molecule has 0 N–H and O–H groups in total. The van der Waals surface area contributed by atoms with E-state index >= 15 is 0 Å². The Morgan fingerprint density at radius 3 is 1.60 bits per heavy atom. The van der Waals surface area contributed by atoms with Crippen molar-refractivity contribution in [3.8, 4) is 0 Å². The molecule has 1 heterocycles. The second-order valence-corrected chi connectivity index (χ2v) is 13.3. The summed E-state index contributed by atoms with van der Waals surface area (Å²) in [4.78, 5) is 0. The minimum atomic E-state index is 1.03. The largest absolute Gasteiger partial charge is 0.134 e. The van der Waals surface area contributed by atoms with Gasteiger partial charge in [-0.3, -0.25) is 0 Å². The molecule has 9 rings (SSSR count). The molecule has 8 aromatic carbocycles. The van der Waals surface area contributed by atoms with E-state index in [1.54, 1.807) is 0 Å². The lowest BCUT2D eigenvalue weighted by Crippen LogP contribution is -1.93. The minimum absolute atomic E-state index is 1.03. The van der Waals surface area contributed by atoms with Gasteiger partial charge in [0, 0.05) is 30.9 Å².